The van der Waals surface area contributed by atoms with E-state index in [1.165, 1.54) is 0 Å². The zero-order valence-corrected chi connectivity index (χ0v) is 53.8. The van der Waals surface area contributed by atoms with Gasteiger partial charge < -0.3 is 89.9 Å². The van der Waals surface area contributed by atoms with Gasteiger partial charge in [0.05, 0.1) is 38.6 Å². The van der Waals surface area contributed by atoms with Gasteiger partial charge in [0, 0.05) is 6.42 Å². The van der Waals surface area contributed by atoms with Crippen LogP contribution in [0.1, 0.15) is 174 Å². The lowest BCUT2D eigenvalue weighted by molar-refractivity contribution is -0.379. The first-order valence-corrected chi connectivity index (χ1v) is 33.4. The lowest BCUT2D eigenvalue weighted by atomic mass is 9.96. The maximum Gasteiger partial charge on any atom is 0.220 e. The second kappa shape index (κ2) is 51.4. The molecule has 0 saturated carbocycles. The van der Waals surface area contributed by atoms with Crippen LogP contribution in [0.15, 0.2) is 134 Å². The molecule has 17 atom stereocenters. The minimum atomic E-state index is -1.98. The topological polar surface area (TPSA) is 307 Å². The maximum atomic E-state index is 13.3. The molecule has 3 aliphatic heterocycles. The molecule has 0 aromatic carbocycles. The molecule has 0 aromatic rings. The van der Waals surface area contributed by atoms with Crippen molar-refractivity contribution in [3.63, 3.8) is 0 Å². The van der Waals surface area contributed by atoms with Crippen LogP contribution in [0, 0.1) is 0 Å². The smallest absolute Gasteiger partial charge is 0.220 e. The SMILES string of the molecule is CC/C=C\C/C=C\C/C=C\C/C=C\C/C=C\C/C=C\C/C=C\C/C=C\C/C=C\C/C=C\C/C=C\CCCCCCCC(=O)NC(COC1OC(CO)C(OC2OC(CO)C(OC3OC(CO)C(O)C(O)C3O)C(O)C2O)C(O)C1O)C(O)CCCCCCCC. The van der Waals surface area contributed by atoms with E-state index in [-0.39, 0.29) is 18.9 Å². The lowest BCUT2D eigenvalue weighted by Gasteiger charge is -2.48. The van der Waals surface area contributed by atoms with E-state index in [9.17, 15) is 61.0 Å². The third kappa shape index (κ3) is 33.2. The zero-order valence-electron chi connectivity index (χ0n) is 53.8. The van der Waals surface area contributed by atoms with Gasteiger partial charge in [0.2, 0.25) is 5.91 Å². The van der Waals surface area contributed by atoms with Crippen molar-refractivity contribution in [2.24, 2.45) is 0 Å². The normalized spacial score (nSPS) is 28.9. The van der Waals surface area contributed by atoms with Gasteiger partial charge in [-0.15, -0.1) is 0 Å². The Morgan fingerprint density at radius 3 is 1.20 bits per heavy atom. The summed E-state index contributed by atoms with van der Waals surface area (Å²) in [4.78, 5) is 13.3. The molecule has 17 unspecified atom stereocenters. The van der Waals surface area contributed by atoms with Crippen LogP contribution in [0.2, 0.25) is 0 Å². The number of hydrogen-bond acceptors (Lipinski definition) is 18. The highest BCUT2D eigenvalue weighted by Crippen LogP contribution is 2.33. The number of hydrogen-bond donors (Lipinski definition) is 12. The highest BCUT2D eigenvalue weighted by molar-refractivity contribution is 5.76. The van der Waals surface area contributed by atoms with Gasteiger partial charge in [0.25, 0.3) is 0 Å². The van der Waals surface area contributed by atoms with E-state index in [1.807, 2.05) is 0 Å². The monoisotopic (exact) mass is 1270 g/mol. The van der Waals surface area contributed by atoms with Gasteiger partial charge in [-0.05, 0) is 96.3 Å². The van der Waals surface area contributed by atoms with Crippen molar-refractivity contribution >= 4 is 5.91 Å². The maximum absolute atomic E-state index is 13.3. The molecule has 19 nitrogen and oxygen atoms in total. The standard InChI is InChI=1S/C71H115NO18/c1-3-5-7-9-11-12-13-14-15-16-17-18-19-20-21-22-23-24-25-26-27-28-29-30-31-32-33-34-35-36-37-38-39-40-41-42-43-45-47-49-59(77)72-54(55(76)48-46-44-10-8-6-4-2)53-85-69-65(83)62(80)67(57(51-74)87-69)90-71-66(84)63(81)68(58(52-75)88-71)89-70-64(82)61(79)60(78)56(50-73)86-70/h5,7,11-12,14-15,17-18,20-21,23-24,26-27,29-30,32-33,35-36,38-39,54-58,60-71,73-76,78-84H,3-4,6,8-10,13,16,19,22,25,28,31,34,37,40-53H2,1-2H3,(H,72,77)/b7-5-,12-11-,15-14-,18-17-,21-20-,24-23-,27-26-,30-29-,33-32-,36-35-,39-38-. The van der Waals surface area contributed by atoms with Gasteiger partial charge in [-0.2, -0.15) is 0 Å². The molecule has 3 heterocycles. The Balaban J connectivity index is 1.30. The van der Waals surface area contributed by atoms with Crippen molar-refractivity contribution < 1.29 is 89.4 Å². The Hall–Kier alpha value is -4.07. The van der Waals surface area contributed by atoms with E-state index in [0.717, 1.165) is 135 Å². The molecule has 19 heteroatoms. The summed E-state index contributed by atoms with van der Waals surface area (Å²) in [6.45, 7) is 1.54. The van der Waals surface area contributed by atoms with Gasteiger partial charge in [-0.25, -0.2) is 0 Å². The molecule has 3 fully saturated rings. The summed E-state index contributed by atoms with van der Waals surface area (Å²) in [6, 6.07) is -0.904. The molecular weight excluding hydrogens is 1150 g/mol. The van der Waals surface area contributed by atoms with Crippen molar-refractivity contribution in [1.29, 1.82) is 0 Å². The van der Waals surface area contributed by atoms with E-state index >= 15 is 0 Å². The van der Waals surface area contributed by atoms with Crippen molar-refractivity contribution in [2.45, 2.75) is 279 Å². The van der Waals surface area contributed by atoms with Crippen LogP contribution in [0.3, 0.4) is 0 Å². The molecule has 0 aliphatic carbocycles. The average Bonchev–Trinajstić information content (AvgIpc) is 1.11. The first-order chi connectivity index (χ1) is 43.8. The second-order valence-corrected chi connectivity index (χ2v) is 23.2. The molecule has 3 rings (SSSR count). The van der Waals surface area contributed by atoms with E-state index < -0.39 is 124 Å². The minimum Gasteiger partial charge on any atom is -0.394 e. The number of rotatable bonds is 48. The number of ether oxygens (including phenoxy) is 6. The van der Waals surface area contributed by atoms with Gasteiger partial charge in [0.1, 0.15) is 73.2 Å². The Kier molecular flexibility index (Phi) is 45.7. The molecule has 90 heavy (non-hydrogen) atoms. The summed E-state index contributed by atoms with van der Waals surface area (Å²) in [7, 11) is 0. The van der Waals surface area contributed by atoms with Crippen molar-refractivity contribution in [2.75, 3.05) is 26.4 Å². The van der Waals surface area contributed by atoms with Gasteiger partial charge >= 0.3 is 0 Å². The average molecular weight is 1270 g/mol. The minimum absolute atomic E-state index is 0.233. The molecule has 1 amide bonds. The first-order valence-electron chi connectivity index (χ1n) is 33.4. The molecule has 12 N–H and O–H groups in total. The van der Waals surface area contributed by atoms with E-state index in [2.05, 4.69) is 153 Å². The van der Waals surface area contributed by atoms with Crippen molar-refractivity contribution in [3.05, 3.63) is 134 Å². The zero-order chi connectivity index (χ0) is 65.4. The summed E-state index contributed by atoms with van der Waals surface area (Å²) < 4.78 is 34.2. The fraction of sp³-hybridized carbons (Fsp3) is 0.676. The van der Waals surface area contributed by atoms with Crippen LogP contribution in [0.4, 0.5) is 0 Å². The second-order valence-electron chi connectivity index (χ2n) is 23.2. The number of carbonyl (C=O) groups excluding carboxylic acids is 1. The summed E-state index contributed by atoms with van der Waals surface area (Å²) in [5, 5.41) is 120. The largest absolute Gasteiger partial charge is 0.394 e. The fourth-order valence-corrected chi connectivity index (χ4v) is 10.3. The Morgan fingerprint density at radius 1 is 0.411 bits per heavy atom. The third-order valence-electron chi connectivity index (χ3n) is 15.7. The predicted octanol–water partition coefficient (Wildman–Crippen LogP) is 8.21. The van der Waals surface area contributed by atoms with Crippen LogP contribution in [-0.2, 0) is 33.2 Å². The van der Waals surface area contributed by atoms with Crippen molar-refractivity contribution in [3.8, 4) is 0 Å². The van der Waals surface area contributed by atoms with Gasteiger partial charge in [-0.3, -0.25) is 4.79 Å². The highest BCUT2D eigenvalue weighted by atomic mass is 16.8. The fourth-order valence-electron chi connectivity index (χ4n) is 10.3. The Morgan fingerprint density at radius 2 is 0.767 bits per heavy atom. The molecule has 3 aliphatic rings. The van der Waals surface area contributed by atoms with Crippen LogP contribution >= 0.6 is 0 Å². The molecule has 0 spiro atoms. The van der Waals surface area contributed by atoms with Gasteiger partial charge in [-0.1, -0.05) is 205 Å². The van der Waals surface area contributed by atoms with Crippen LogP contribution in [0.25, 0.3) is 0 Å². The summed E-state index contributed by atoms with van der Waals surface area (Å²) in [6.07, 6.45) is 44.7. The molecule has 3 saturated heterocycles. The number of nitrogens with one attached hydrogen (secondary N) is 1. The van der Waals surface area contributed by atoms with Crippen LogP contribution in [0.5, 0.6) is 0 Å². The van der Waals surface area contributed by atoms with Crippen LogP contribution < -0.4 is 5.32 Å². The quantitative estimate of drug-likeness (QED) is 0.0202. The Labute approximate surface area is 537 Å². The van der Waals surface area contributed by atoms with Gasteiger partial charge in [0.15, 0.2) is 18.9 Å². The molecule has 0 bridgehead atoms. The molecule has 0 aromatic heterocycles. The molecular formula is C71H115NO18. The third-order valence-corrected chi connectivity index (χ3v) is 15.7. The summed E-state index contributed by atoms with van der Waals surface area (Å²) in [5.41, 5.74) is 0. The number of amides is 1. The summed E-state index contributed by atoms with van der Waals surface area (Å²) in [5.74, 6) is -0.275. The van der Waals surface area contributed by atoms with E-state index in [0.29, 0.717) is 19.3 Å². The lowest BCUT2D eigenvalue weighted by Crippen LogP contribution is -2.66. The van der Waals surface area contributed by atoms with E-state index in [4.69, 9.17) is 28.4 Å². The Bertz CT molecular complexity index is 2150. The predicted molar refractivity (Wildman–Crippen MR) is 350 cm³/mol. The number of aliphatic hydroxyl groups excluding tert-OH is 11. The number of aliphatic hydroxyl groups is 11. The number of unbranched alkanes of at least 4 members (excludes halogenated alkanes) is 10. The molecule has 512 valence electrons. The number of carbonyl (C=O) groups is 1. The highest BCUT2D eigenvalue weighted by Gasteiger charge is 2.53. The van der Waals surface area contributed by atoms with Crippen LogP contribution in [-0.4, -0.2) is 193 Å². The molecule has 0 radical (unpaired) electrons. The summed E-state index contributed by atoms with van der Waals surface area (Å²) >= 11 is 0. The number of allylic oxidation sites excluding steroid dienone is 22. The van der Waals surface area contributed by atoms with E-state index in [1.54, 1.807) is 0 Å². The van der Waals surface area contributed by atoms with Crippen molar-refractivity contribution in [1.82, 2.24) is 5.32 Å². The first kappa shape index (κ1) is 80.2.